The Hall–Kier alpha value is -0.250. The molecule has 2 nitrogen and oxygen atoms in total. The molecule has 1 aliphatic rings. The molecule has 0 unspecified atom stereocenters. The highest BCUT2D eigenvalue weighted by atomic mass is 32.1. The highest BCUT2D eigenvalue weighted by Crippen LogP contribution is 2.52. The normalized spacial score (nSPS) is 37.6. The Morgan fingerprint density at radius 3 is 2.50 bits per heavy atom. The number of thiol groups is 1. The summed E-state index contributed by atoms with van der Waals surface area (Å²) in [5.74, 6) is -0.602. The molecule has 1 aliphatic carbocycles. The minimum atomic E-state index is -0.943. The van der Waals surface area contributed by atoms with Crippen LogP contribution in [0.3, 0.4) is 0 Å². The van der Waals surface area contributed by atoms with Crippen molar-refractivity contribution < 1.29 is 14.3 Å². The Bertz CT molecular complexity index is 158. The first-order valence-corrected chi connectivity index (χ1v) is 3.71. The Morgan fingerprint density at radius 1 is 1.90 bits per heavy atom. The van der Waals surface area contributed by atoms with Crippen molar-refractivity contribution in [3.63, 3.8) is 0 Å². The largest absolute Gasteiger partial charge is 0.481 e. The van der Waals surface area contributed by atoms with E-state index in [0.29, 0.717) is 12.2 Å². The highest BCUT2D eigenvalue weighted by molar-refractivity contribution is 7.80. The number of halogens is 1. The van der Waals surface area contributed by atoms with Crippen LogP contribution in [0.25, 0.3) is 0 Å². The van der Waals surface area contributed by atoms with Crippen molar-refractivity contribution in [3.8, 4) is 0 Å². The molecule has 0 spiro atoms. The van der Waals surface area contributed by atoms with Crippen LogP contribution < -0.4 is 0 Å². The molecule has 10 heavy (non-hydrogen) atoms. The zero-order chi connectivity index (χ0) is 7.78. The van der Waals surface area contributed by atoms with Gasteiger partial charge in [0.05, 0.1) is 6.42 Å². The fourth-order valence-electron chi connectivity index (χ4n) is 1.00. The summed E-state index contributed by atoms with van der Waals surface area (Å²) in [6, 6.07) is 0. The van der Waals surface area contributed by atoms with Gasteiger partial charge < -0.3 is 5.11 Å². The third kappa shape index (κ3) is 1.26. The van der Waals surface area contributed by atoms with Crippen LogP contribution in [0.15, 0.2) is 0 Å². The van der Waals surface area contributed by atoms with Crippen LogP contribution in [0.5, 0.6) is 0 Å². The molecular formula is C6H9FO2S. The number of aliphatic carboxylic acids is 1. The first-order valence-electron chi connectivity index (χ1n) is 3.07. The Balaban J connectivity index is 2.45. The number of rotatable bonds is 3. The molecule has 1 saturated carbocycles. The summed E-state index contributed by atoms with van der Waals surface area (Å²) in [6.07, 6.45) is -0.665. The zero-order valence-corrected chi connectivity index (χ0v) is 6.27. The van der Waals surface area contributed by atoms with Crippen LogP contribution in [0, 0.1) is 5.41 Å². The molecule has 0 saturated heterocycles. The van der Waals surface area contributed by atoms with E-state index in [4.69, 9.17) is 5.11 Å². The van der Waals surface area contributed by atoms with Gasteiger partial charge in [-0.1, -0.05) is 0 Å². The lowest BCUT2D eigenvalue weighted by molar-refractivity contribution is -0.138. The maximum absolute atomic E-state index is 12.5. The van der Waals surface area contributed by atoms with Crippen molar-refractivity contribution in [1.82, 2.24) is 0 Å². The molecule has 1 N–H and O–H groups in total. The molecule has 4 heteroatoms. The lowest BCUT2D eigenvalue weighted by atomic mass is 10.1. The first kappa shape index (κ1) is 7.85. The van der Waals surface area contributed by atoms with E-state index < -0.39 is 17.6 Å². The summed E-state index contributed by atoms with van der Waals surface area (Å²) in [5.41, 5.74) is -0.630. The third-order valence-corrected chi connectivity index (χ3v) is 2.54. The summed E-state index contributed by atoms with van der Waals surface area (Å²) >= 11 is 3.89. The minimum Gasteiger partial charge on any atom is -0.481 e. The number of carbonyl (C=O) groups is 1. The van der Waals surface area contributed by atoms with E-state index in [1.807, 2.05) is 0 Å². The van der Waals surface area contributed by atoms with Crippen LogP contribution >= 0.6 is 12.6 Å². The number of hydrogen-bond acceptors (Lipinski definition) is 2. The lowest BCUT2D eigenvalue weighted by Gasteiger charge is -2.06. The van der Waals surface area contributed by atoms with Crippen molar-refractivity contribution in [2.75, 3.05) is 5.75 Å². The fraction of sp³-hybridized carbons (Fsp3) is 0.833. The quantitative estimate of drug-likeness (QED) is 0.613. The van der Waals surface area contributed by atoms with Crippen molar-refractivity contribution in [2.45, 2.75) is 19.0 Å². The maximum atomic E-state index is 12.5. The molecule has 0 radical (unpaired) electrons. The molecule has 0 aromatic rings. The number of hydrogen-bond donors (Lipinski definition) is 2. The second-order valence-corrected chi connectivity index (χ2v) is 3.08. The topological polar surface area (TPSA) is 37.3 Å². The van der Waals surface area contributed by atoms with Gasteiger partial charge in [-0.2, -0.15) is 12.6 Å². The van der Waals surface area contributed by atoms with Gasteiger partial charge in [0.1, 0.15) is 6.17 Å². The first-order chi connectivity index (χ1) is 4.60. The smallest absolute Gasteiger partial charge is 0.304 e. The van der Waals surface area contributed by atoms with Gasteiger partial charge in [-0.25, -0.2) is 4.39 Å². The van der Waals surface area contributed by atoms with Gasteiger partial charge in [0, 0.05) is 5.41 Å². The lowest BCUT2D eigenvalue weighted by Crippen LogP contribution is -2.13. The average molecular weight is 164 g/mol. The summed E-state index contributed by atoms with van der Waals surface area (Å²) < 4.78 is 12.5. The van der Waals surface area contributed by atoms with Gasteiger partial charge in [0.25, 0.3) is 0 Å². The van der Waals surface area contributed by atoms with Crippen molar-refractivity contribution in [3.05, 3.63) is 0 Å². The Labute approximate surface area is 63.8 Å². The van der Waals surface area contributed by atoms with Crippen LogP contribution in [0.2, 0.25) is 0 Å². The predicted octanol–water partition coefficient (Wildman–Crippen LogP) is 1.12. The molecule has 2 atom stereocenters. The molecular weight excluding hydrogens is 155 g/mol. The highest BCUT2D eigenvalue weighted by Gasteiger charge is 2.55. The number of carboxylic acids is 1. The number of carboxylic acid groups (broad SMARTS) is 1. The number of alkyl halides is 1. The van der Waals surface area contributed by atoms with Gasteiger partial charge in [-0.15, -0.1) is 0 Å². The minimum absolute atomic E-state index is 0.0856. The van der Waals surface area contributed by atoms with E-state index in [1.165, 1.54) is 0 Å². The third-order valence-electron chi connectivity index (χ3n) is 1.91. The fourth-order valence-corrected chi connectivity index (χ4v) is 1.44. The van der Waals surface area contributed by atoms with Crippen molar-refractivity contribution >= 4 is 18.6 Å². The molecule has 0 heterocycles. The molecule has 0 aromatic carbocycles. The molecule has 0 aromatic heterocycles. The molecule has 1 rings (SSSR count). The van der Waals surface area contributed by atoms with E-state index in [-0.39, 0.29) is 6.42 Å². The van der Waals surface area contributed by atoms with E-state index >= 15 is 0 Å². The van der Waals surface area contributed by atoms with Crippen LogP contribution in [0.1, 0.15) is 12.8 Å². The van der Waals surface area contributed by atoms with Crippen LogP contribution in [0.4, 0.5) is 4.39 Å². The van der Waals surface area contributed by atoms with Crippen LogP contribution in [-0.2, 0) is 4.79 Å². The van der Waals surface area contributed by atoms with E-state index in [2.05, 4.69) is 12.6 Å². The van der Waals surface area contributed by atoms with Gasteiger partial charge in [0.2, 0.25) is 0 Å². The maximum Gasteiger partial charge on any atom is 0.304 e. The van der Waals surface area contributed by atoms with Gasteiger partial charge in [-0.05, 0) is 12.2 Å². The van der Waals surface area contributed by atoms with E-state index in [1.54, 1.807) is 0 Å². The Kier molecular flexibility index (Phi) is 1.90. The standard InChI is InChI=1S/C6H9FO2S/c7-4-1-6(4,3-10)2-5(8)9/h4,10H,1-3H2,(H,8,9)/t4-,6+/m1/s1. The SMILES string of the molecule is O=C(O)C[C@]1(CS)C[C@H]1F. The van der Waals surface area contributed by atoms with Crippen molar-refractivity contribution in [1.29, 1.82) is 0 Å². The summed E-state index contributed by atoms with van der Waals surface area (Å²) in [5, 5.41) is 8.34. The molecule has 0 amide bonds. The molecule has 0 bridgehead atoms. The summed E-state index contributed by atoms with van der Waals surface area (Å²) in [7, 11) is 0. The zero-order valence-electron chi connectivity index (χ0n) is 5.38. The predicted molar refractivity (Wildman–Crippen MR) is 38.1 cm³/mol. The second kappa shape index (κ2) is 2.42. The Morgan fingerprint density at radius 2 is 2.40 bits per heavy atom. The molecule has 1 fully saturated rings. The molecule has 58 valence electrons. The summed E-state index contributed by atoms with van der Waals surface area (Å²) in [4.78, 5) is 10.2. The van der Waals surface area contributed by atoms with Gasteiger partial charge >= 0.3 is 5.97 Å². The monoisotopic (exact) mass is 164 g/mol. The van der Waals surface area contributed by atoms with Gasteiger partial charge in [-0.3, -0.25) is 4.79 Å². The average Bonchev–Trinajstić information content (AvgIpc) is 2.42. The summed E-state index contributed by atoms with van der Waals surface area (Å²) in [6.45, 7) is 0. The second-order valence-electron chi connectivity index (χ2n) is 2.76. The van der Waals surface area contributed by atoms with Crippen molar-refractivity contribution in [2.24, 2.45) is 5.41 Å². The molecule has 0 aliphatic heterocycles. The van der Waals surface area contributed by atoms with Gasteiger partial charge in [0.15, 0.2) is 0 Å². The van der Waals surface area contributed by atoms with E-state index in [9.17, 15) is 9.18 Å². The van der Waals surface area contributed by atoms with E-state index in [0.717, 1.165) is 0 Å². The van der Waals surface area contributed by atoms with Crippen LogP contribution in [-0.4, -0.2) is 23.0 Å².